The summed E-state index contributed by atoms with van der Waals surface area (Å²) >= 11 is 5.93. The van der Waals surface area contributed by atoms with E-state index in [1.165, 1.54) is 0 Å². The lowest BCUT2D eigenvalue weighted by molar-refractivity contribution is 0.265. The van der Waals surface area contributed by atoms with Gasteiger partial charge in [-0.25, -0.2) is 0 Å². The number of ether oxygens (including phenoxy) is 1. The predicted octanol–water partition coefficient (Wildman–Crippen LogP) is 1.63. The molecule has 1 unspecified atom stereocenters. The molecule has 0 heterocycles. The summed E-state index contributed by atoms with van der Waals surface area (Å²) in [6.07, 6.45) is 0.611. The zero-order chi connectivity index (χ0) is 10.6. The Balaban J connectivity index is 0.00000196. The first kappa shape index (κ1) is 14.5. The molecule has 0 radical (unpaired) electrons. The summed E-state index contributed by atoms with van der Waals surface area (Å²) in [6.45, 7) is -0.0242. The van der Waals surface area contributed by atoms with Gasteiger partial charge in [0.25, 0.3) is 0 Å². The number of hydrogen-bond donors (Lipinski definition) is 2. The first-order valence-electron chi connectivity index (χ1n) is 4.36. The number of aliphatic hydroxyl groups excluding tert-OH is 1. The second kappa shape index (κ2) is 6.90. The van der Waals surface area contributed by atoms with Crippen molar-refractivity contribution in [3.8, 4) is 5.75 Å². The van der Waals surface area contributed by atoms with Gasteiger partial charge in [0, 0.05) is 6.04 Å². The van der Waals surface area contributed by atoms with Crippen molar-refractivity contribution in [2.24, 2.45) is 5.73 Å². The van der Waals surface area contributed by atoms with Crippen LogP contribution in [0.5, 0.6) is 5.75 Å². The summed E-state index contributed by atoms with van der Waals surface area (Å²) in [6, 6.07) is 5.25. The minimum absolute atomic E-state index is 0. The van der Waals surface area contributed by atoms with Crippen molar-refractivity contribution in [3.63, 3.8) is 0 Å². The summed E-state index contributed by atoms with van der Waals surface area (Å²) in [5, 5.41) is 9.35. The van der Waals surface area contributed by atoms with Gasteiger partial charge in [0.1, 0.15) is 5.75 Å². The van der Waals surface area contributed by atoms with E-state index in [4.69, 9.17) is 27.2 Å². The van der Waals surface area contributed by atoms with Crippen LogP contribution in [0.3, 0.4) is 0 Å². The van der Waals surface area contributed by atoms with Gasteiger partial charge in [-0.15, -0.1) is 12.4 Å². The summed E-state index contributed by atoms with van der Waals surface area (Å²) in [5.74, 6) is 0.646. The highest BCUT2D eigenvalue weighted by Crippen LogP contribution is 2.25. The van der Waals surface area contributed by atoms with Crippen molar-refractivity contribution in [2.45, 2.75) is 12.5 Å². The quantitative estimate of drug-likeness (QED) is 0.856. The van der Waals surface area contributed by atoms with Crippen LogP contribution in [0.25, 0.3) is 0 Å². The second-order valence-corrected chi connectivity index (χ2v) is 3.52. The molecular formula is C10H15Cl2NO2. The normalized spacial score (nSPS) is 11.7. The van der Waals surface area contributed by atoms with E-state index in [1.807, 2.05) is 6.07 Å². The van der Waals surface area contributed by atoms with Gasteiger partial charge >= 0.3 is 0 Å². The van der Waals surface area contributed by atoms with Gasteiger partial charge in [-0.1, -0.05) is 17.7 Å². The minimum atomic E-state index is -0.237. The van der Waals surface area contributed by atoms with E-state index in [9.17, 15) is 0 Å². The molecule has 0 fully saturated rings. The second-order valence-electron chi connectivity index (χ2n) is 3.12. The lowest BCUT2D eigenvalue weighted by atomic mass is 10.1. The smallest absolute Gasteiger partial charge is 0.137 e. The molecule has 0 aliphatic carbocycles. The molecule has 0 amide bonds. The lowest BCUT2D eigenvalue weighted by Gasteiger charge is -2.09. The highest BCUT2D eigenvalue weighted by atomic mass is 35.5. The lowest BCUT2D eigenvalue weighted by Crippen LogP contribution is -2.26. The SMILES string of the molecule is COc1ccc(CC(N)CO)cc1Cl.Cl. The maximum Gasteiger partial charge on any atom is 0.137 e. The van der Waals surface area contributed by atoms with E-state index in [-0.39, 0.29) is 25.1 Å². The molecule has 5 heteroatoms. The van der Waals surface area contributed by atoms with Crippen LogP contribution >= 0.6 is 24.0 Å². The average molecular weight is 252 g/mol. The van der Waals surface area contributed by atoms with Crippen molar-refractivity contribution in [1.29, 1.82) is 0 Å². The van der Waals surface area contributed by atoms with Crippen LogP contribution in [0.15, 0.2) is 18.2 Å². The summed E-state index contributed by atoms with van der Waals surface area (Å²) in [7, 11) is 1.57. The number of benzene rings is 1. The van der Waals surface area contributed by atoms with Gasteiger partial charge < -0.3 is 15.6 Å². The maximum absolute atomic E-state index is 8.78. The monoisotopic (exact) mass is 251 g/mol. The first-order valence-corrected chi connectivity index (χ1v) is 4.74. The minimum Gasteiger partial charge on any atom is -0.495 e. The highest BCUT2D eigenvalue weighted by Gasteiger charge is 2.05. The molecular weight excluding hydrogens is 237 g/mol. The molecule has 1 aromatic rings. The molecule has 0 bridgehead atoms. The van der Waals surface area contributed by atoms with Gasteiger partial charge in [-0.05, 0) is 24.1 Å². The molecule has 0 spiro atoms. The standard InChI is InChI=1S/C10H14ClNO2.ClH/c1-14-10-3-2-7(5-9(10)11)4-8(12)6-13;/h2-3,5,8,13H,4,6,12H2,1H3;1H. The molecule has 0 saturated heterocycles. The number of nitrogens with two attached hydrogens (primary N) is 1. The van der Waals surface area contributed by atoms with Gasteiger partial charge in [-0.2, -0.15) is 0 Å². The third-order valence-electron chi connectivity index (χ3n) is 1.95. The number of halogens is 2. The Labute approximate surface area is 101 Å². The topological polar surface area (TPSA) is 55.5 Å². The summed E-state index contributed by atoms with van der Waals surface area (Å²) in [4.78, 5) is 0. The Kier molecular flexibility index (Phi) is 6.68. The zero-order valence-corrected chi connectivity index (χ0v) is 10.0. The summed E-state index contributed by atoms with van der Waals surface area (Å²) in [5.41, 5.74) is 6.60. The molecule has 0 aromatic heterocycles. The Morgan fingerprint density at radius 2 is 2.20 bits per heavy atom. The maximum atomic E-state index is 8.78. The molecule has 0 aliphatic rings. The van der Waals surface area contributed by atoms with Crippen LogP contribution in [0.2, 0.25) is 5.02 Å². The fourth-order valence-electron chi connectivity index (χ4n) is 1.20. The van der Waals surface area contributed by atoms with Gasteiger partial charge in [0.05, 0.1) is 18.7 Å². The van der Waals surface area contributed by atoms with Gasteiger partial charge in [0.2, 0.25) is 0 Å². The summed E-state index contributed by atoms with van der Waals surface area (Å²) < 4.78 is 5.02. The van der Waals surface area contributed by atoms with E-state index in [2.05, 4.69) is 0 Å². The molecule has 0 aliphatic heterocycles. The molecule has 1 rings (SSSR count). The number of methoxy groups -OCH3 is 1. The Bertz CT molecular complexity index is 307. The van der Waals surface area contributed by atoms with Crippen LogP contribution in [0.1, 0.15) is 5.56 Å². The van der Waals surface area contributed by atoms with E-state index in [0.29, 0.717) is 17.2 Å². The van der Waals surface area contributed by atoms with E-state index in [0.717, 1.165) is 5.56 Å². The Morgan fingerprint density at radius 1 is 1.53 bits per heavy atom. The van der Waals surface area contributed by atoms with Crippen LogP contribution in [-0.4, -0.2) is 24.9 Å². The van der Waals surface area contributed by atoms with Crippen molar-refractivity contribution in [3.05, 3.63) is 28.8 Å². The van der Waals surface area contributed by atoms with E-state index in [1.54, 1.807) is 19.2 Å². The van der Waals surface area contributed by atoms with Gasteiger partial charge in [0.15, 0.2) is 0 Å². The zero-order valence-electron chi connectivity index (χ0n) is 8.44. The Hall–Kier alpha value is -0.480. The first-order chi connectivity index (χ1) is 6.67. The van der Waals surface area contributed by atoms with E-state index >= 15 is 0 Å². The van der Waals surface area contributed by atoms with Crippen molar-refractivity contribution in [2.75, 3.05) is 13.7 Å². The molecule has 3 N–H and O–H groups in total. The van der Waals surface area contributed by atoms with Crippen LogP contribution in [0.4, 0.5) is 0 Å². The fraction of sp³-hybridized carbons (Fsp3) is 0.400. The average Bonchev–Trinajstić information content (AvgIpc) is 2.18. The largest absolute Gasteiger partial charge is 0.495 e. The van der Waals surface area contributed by atoms with Crippen molar-refractivity contribution in [1.82, 2.24) is 0 Å². The Morgan fingerprint density at radius 3 is 2.67 bits per heavy atom. The molecule has 3 nitrogen and oxygen atoms in total. The van der Waals surface area contributed by atoms with E-state index < -0.39 is 0 Å². The van der Waals surface area contributed by atoms with Crippen molar-refractivity contribution >= 4 is 24.0 Å². The predicted molar refractivity (Wildman–Crippen MR) is 64.0 cm³/mol. The fourth-order valence-corrected chi connectivity index (χ4v) is 1.48. The molecule has 15 heavy (non-hydrogen) atoms. The van der Waals surface area contributed by atoms with Crippen LogP contribution < -0.4 is 10.5 Å². The number of aliphatic hydroxyl groups is 1. The molecule has 0 saturated carbocycles. The van der Waals surface area contributed by atoms with Crippen LogP contribution in [-0.2, 0) is 6.42 Å². The molecule has 1 aromatic carbocycles. The third-order valence-corrected chi connectivity index (χ3v) is 2.24. The van der Waals surface area contributed by atoms with Crippen molar-refractivity contribution < 1.29 is 9.84 Å². The third kappa shape index (κ3) is 4.26. The van der Waals surface area contributed by atoms with Gasteiger partial charge in [-0.3, -0.25) is 0 Å². The van der Waals surface area contributed by atoms with Crippen LogP contribution in [0, 0.1) is 0 Å². The number of rotatable bonds is 4. The molecule has 86 valence electrons. The molecule has 1 atom stereocenters. The highest BCUT2D eigenvalue weighted by molar-refractivity contribution is 6.32. The number of hydrogen-bond acceptors (Lipinski definition) is 3.